The summed E-state index contributed by atoms with van der Waals surface area (Å²) in [6.45, 7) is -17.9. The first-order valence-electron chi connectivity index (χ1n) is 14.7. The van der Waals surface area contributed by atoms with Crippen molar-refractivity contribution in [3.8, 4) is 17.3 Å². The van der Waals surface area contributed by atoms with Crippen molar-refractivity contribution in [3.05, 3.63) is 53.9 Å². The fraction of sp³-hybridized carbons (Fsp3) is 0.316. The van der Waals surface area contributed by atoms with E-state index in [4.69, 9.17) is 23.9 Å². The van der Waals surface area contributed by atoms with Crippen LogP contribution in [0.3, 0.4) is 0 Å². The van der Waals surface area contributed by atoms with Crippen molar-refractivity contribution in [2.75, 3.05) is 0 Å². The molecular weight excluding hydrogens is 361 g/mol. The van der Waals surface area contributed by atoms with Gasteiger partial charge in [-0.05, 0) is 23.6 Å². The number of hydrogen-bond acceptors (Lipinski definition) is 6. The molecule has 4 aromatic rings. The van der Waals surface area contributed by atoms with Crippen LogP contribution in [0.4, 0.5) is 4.39 Å². The molecule has 1 aromatic carbocycles. The number of nitrogens with zero attached hydrogens (tertiary/aromatic N) is 7. The van der Waals surface area contributed by atoms with Crippen molar-refractivity contribution in [2.45, 2.75) is 32.5 Å². The molecule has 0 aliphatic heterocycles. The lowest BCUT2D eigenvalue weighted by Gasteiger charge is -2.21. The quantitative estimate of drug-likeness (QED) is 0.528. The van der Waals surface area contributed by atoms with E-state index in [1.807, 2.05) is 0 Å². The largest absolute Gasteiger partial charge is 0.468 e. The first-order chi connectivity index (χ1) is 19.0. The van der Waals surface area contributed by atoms with Gasteiger partial charge in [0.15, 0.2) is 17.3 Å². The molecule has 0 fully saturated rings. The van der Waals surface area contributed by atoms with Gasteiger partial charge < -0.3 is 4.74 Å². The number of ether oxygens (including phenoxy) is 1. The summed E-state index contributed by atoms with van der Waals surface area (Å²) in [5.74, 6) is -3.32. The summed E-state index contributed by atoms with van der Waals surface area (Å²) in [5.41, 5.74) is -5.53. The van der Waals surface area contributed by atoms with E-state index < -0.39 is 68.2 Å². The number of aryl methyl sites for hydroxylation is 1. The van der Waals surface area contributed by atoms with Gasteiger partial charge in [-0.2, -0.15) is 9.61 Å². The SMILES string of the molecule is [2H]C([2H])(Oc1nn2c(-c3ccccc3F)nnc2cc1C(C([2H])([2H])[2H])(C([2H])([2H])[2H])C([2H])([2H])[2H])c1ncnn1C([2H])([2H])[2H]. The van der Waals surface area contributed by atoms with Gasteiger partial charge in [0.05, 0.1) is 8.30 Å². The third-order valence-electron chi connectivity index (χ3n) is 3.66. The number of fused-ring (bicyclic) bond motifs is 1. The number of aromatic nitrogens is 7. The molecule has 9 heteroatoms. The molecule has 144 valence electrons. The highest BCUT2D eigenvalue weighted by atomic mass is 19.1. The summed E-state index contributed by atoms with van der Waals surface area (Å²) in [5, 5.41) is 15.0. The normalized spacial score (nSPS) is 21.6. The lowest BCUT2D eigenvalue weighted by atomic mass is 9.88. The van der Waals surface area contributed by atoms with Gasteiger partial charge >= 0.3 is 0 Å². The lowest BCUT2D eigenvalue weighted by Crippen LogP contribution is -2.17. The zero-order valence-electron chi connectivity index (χ0n) is 27.9. The maximum absolute atomic E-state index is 14.6. The van der Waals surface area contributed by atoms with E-state index in [1.54, 1.807) is 0 Å². The number of halogens is 1. The smallest absolute Gasteiger partial charge is 0.236 e. The van der Waals surface area contributed by atoms with Crippen LogP contribution < -0.4 is 4.74 Å². The molecule has 0 bridgehead atoms. The maximum atomic E-state index is 14.6. The average molecular weight is 396 g/mol. The summed E-state index contributed by atoms with van der Waals surface area (Å²) in [7, 11) is 0. The van der Waals surface area contributed by atoms with E-state index in [-0.39, 0.29) is 16.1 Å². The molecule has 3 aromatic heterocycles. The van der Waals surface area contributed by atoms with Crippen molar-refractivity contribution in [2.24, 2.45) is 6.98 Å². The predicted octanol–water partition coefficient (Wildman–Crippen LogP) is 2.94. The Morgan fingerprint density at radius 1 is 1.25 bits per heavy atom. The fourth-order valence-corrected chi connectivity index (χ4v) is 2.38. The summed E-state index contributed by atoms with van der Waals surface area (Å²) in [6.07, 6.45) is 0.689. The van der Waals surface area contributed by atoms with Crippen molar-refractivity contribution >= 4 is 5.65 Å². The van der Waals surface area contributed by atoms with Crippen LogP contribution in [0, 0.1) is 5.82 Å². The Kier molecular flexibility index (Phi) is 1.89. The van der Waals surface area contributed by atoms with E-state index in [0.717, 1.165) is 10.6 Å². The third kappa shape index (κ3) is 3.19. The maximum Gasteiger partial charge on any atom is 0.236 e. The van der Waals surface area contributed by atoms with Gasteiger partial charge in [-0.1, -0.05) is 32.7 Å². The van der Waals surface area contributed by atoms with Crippen LogP contribution in [0.15, 0.2) is 36.7 Å². The Morgan fingerprint density at radius 3 is 2.89 bits per heavy atom. The van der Waals surface area contributed by atoms with Crippen molar-refractivity contribution < 1.29 is 28.3 Å². The van der Waals surface area contributed by atoms with Crippen LogP contribution in [0.1, 0.15) is 51.1 Å². The Bertz CT molecular complexity index is 1580. The summed E-state index contributed by atoms with van der Waals surface area (Å²) in [6, 6.07) is 5.84. The number of hydrogen-bond donors (Lipinski definition) is 0. The molecule has 0 spiro atoms. The third-order valence-corrected chi connectivity index (χ3v) is 3.66. The zero-order valence-corrected chi connectivity index (χ0v) is 13.9. The number of benzene rings is 1. The molecule has 0 unspecified atom stereocenters. The standard InChI is InChI=1S/C19H20FN7O/c1-19(2,3)13-9-15-23-24-17(12-7-5-6-8-14(12)20)27(15)25-18(13)28-10-16-21-11-22-26(16)4/h5-9,11H,10H2,1-4H3/i1D3,2D3,3D3,4D3,10D2. The summed E-state index contributed by atoms with van der Waals surface area (Å²) >= 11 is 0. The highest BCUT2D eigenvalue weighted by Crippen LogP contribution is 2.32. The molecule has 3 heterocycles. The lowest BCUT2D eigenvalue weighted by molar-refractivity contribution is 0.266. The minimum absolute atomic E-state index is 0.180. The van der Waals surface area contributed by atoms with Gasteiger partial charge in [-0.3, -0.25) is 4.68 Å². The average Bonchev–Trinajstić information content (AvgIpc) is 3.45. The van der Waals surface area contributed by atoms with Crippen LogP contribution in [0.5, 0.6) is 5.88 Å². The van der Waals surface area contributed by atoms with Gasteiger partial charge in [-0.25, -0.2) is 9.37 Å². The summed E-state index contributed by atoms with van der Waals surface area (Å²) in [4.78, 5) is 3.57. The Morgan fingerprint density at radius 2 is 2.11 bits per heavy atom. The highest BCUT2D eigenvalue weighted by Gasteiger charge is 2.24. The molecule has 0 aliphatic carbocycles. The molecule has 4 rings (SSSR count). The van der Waals surface area contributed by atoms with Gasteiger partial charge in [0, 0.05) is 29.0 Å². The molecule has 0 radical (unpaired) electrons. The van der Waals surface area contributed by atoms with Crippen LogP contribution >= 0.6 is 0 Å². The predicted molar refractivity (Wildman–Crippen MR) is 100 cm³/mol. The van der Waals surface area contributed by atoms with E-state index in [9.17, 15) is 4.39 Å². The van der Waals surface area contributed by atoms with Crippen LogP contribution in [0.25, 0.3) is 17.0 Å². The molecule has 0 N–H and O–H groups in total. The second-order valence-corrected chi connectivity index (χ2v) is 5.59. The molecular formula is C19H20FN7O. The van der Waals surface area contributed by atoms with E-state index >= 15 is 0 Å². The van der Waals surface area contributed by atoms with Gasteiger partial charge in [0.25, 0.3) is 0 Å². The van der Waals surface area contributed by atoms with Crippen molar-refractivity contribution in [1.82, 2.24) is 34.6 Å². The Balaban J connectivity index is 2.12. The fourth-order valence-electron chi connectivity index (χ4n) is 2.38. The second kappa shape index (κ2) is 6.66. The van der Waals surface area contributed by atoms with Crippen molar-refractivity contribution in [3.63, 3.8) is 0 Å². The molecule has 28 heavy (non-hydrogen) atoms. The first kappa shape index (κ1) is 7.94. The Hall–Kier alpha value is -3.36. The summed E-state index contributed by atoms with van der Waals surface area (Å²) < 4.78 is 133. The minimum atomic E-state index is -3.83. The molecule has 0 atom stereocenters. The van der Waals surface area contributed by atoms with Crippen LogP contribution in [-0.4, -0.2) is 34.6 Å². The van der Waals surface area contributed by atoms with Gasteiger partial charge in [0.1, 0.15) is 18.7 Å². The molecule has 8 nitrogen and oxygen atoms in total. The first-order valence-corrected chi connectivity index (χ1v) is 7.66. The highest BCUT2D eigenvalue weighted by molar-refractivity contribution is 5.60. The van der Waals surface area contributed by atoms with Crippen LogP contribution in [-0.2, 0) is 18.9 Å². The molecule has 0 amide bonds. The minimum Gasteiger partial charge on any atom is -0.468 e. The van der Waals surface area contributed by atoms with Crippen molar-refractivity contribution in [1.29, 1.82) is 0 Å². The number of rotatable bonds is 4. The van der Waals surface area contributed by atoms with Gasteiger partial charge in [0.2, 0.25) is 5.88 Å². The second-order valence-electron chi connectivity index (χ2n) is 5.59. The monoisotopic (exact) mass is 395 g/mol. The van der Waals surface area contributed by atoms with E-state index in [2.05, 4.69) is 25.4 Å². The van der Waals surface area contributed by atoms with Crippen LogP contribution in [0.2, 0.25) is 0 Å². The molecule has 0 saturated heterocycles. The molecule has 0 aliphatic rings. The molecule has 0 saturated carbocycles. The Labute approximate surface area is 180 Å². The zero-order chi connectivity index (χ0) is 31.7. The van der Waals surface area contributed by atoms with E-state index in [0.29, 0.717) is 12.4 Å². The van der Waals surface area contributed by atoms with E-state index in [1.165, 1.54) is 18.2 Å². The van der Waals surface area contributed by atoms with Gasteiger partial charge in [-0.15, -0.1) is 15.3 Å². The topological polar surface area (TPSA) is 83.0 Å².